The zero-order valence-corrected chi connectivity index (χ0v) is 30.8. The van der Waals surface area contributed by atoms with Gasteiger partial charge in [-0.1, -0.05) is 78.8 Å². The van der Waals surface area contributed by atoms with Crippen LogP contribution in [0.1, 0.15) is 115 Å². The maximum atomic E-state index is 13.4. The molecule has 0 saturated carbocycles. The number of amides is 3. The number of nitrogens with one attached hydrogen (secondary N) is 2. The number of hydrogen-bond donors (Lipinski definition) is 2. The van der Waals surface area contributed by atoms with Gasteiger partial charge in [0.1, 0.15) is 11.9 Å². The van der Waals surface area contributed by atoms with Crippen LogP contribution >= 0.6 is 0 Å². The Morgan fingerprint density at radius 3 is 2.50 bits per heavy atom. The van der Waals surface area contributed by atoms with Crippen molar-refractivity contribution in [2.45, 2.75) is 104 Å². The van der Waals surface area contributed by atoms with Crippen LogP contribution in [-0.2, 0) is 19.8 Å². The third-order valence-electron chi connectivity index (χ3n) is 12.0. The van der Waals surface area contributed by atoms with E-state index in [0.717, 1.165) is 53.9 Å². The number of anilines is 1. The smallest absolute Gasteiger partial charge is 0.247 e. The molecule has 8 heteroatoms. The van der Waals surface area contributed by atoms with Crippen LogP contribution in [0.25, 0.3) is 16.6 Å². The number of benzene rings is 2. The summed E-state index contributed by atoms with van der Waals surface area (Å²) in [6.45, 7) is 16.4. The number of rotatable bonds is 8. The van der Waals surface area contributed by atoms with Crippen molar-refractivity contribution in [3.8, 4) is 0 Å². The lowest BCUT2D eigenvalue weighted by Gasteiger charge is -2.31. The fraction of sp³-hybridized carbons (Fsp3) is 0.524. The van der Waals surface area contributed by atoms with E-state index in [4.69, 9.17) is 4.98 Å². The summed E-state index contributed by atoms with van der Waals surface area (Å²) in [5.74, 6) is 2.16. The van der Waals surface area contributed by atoms with Crippen molar-refractivity contribution in [3.63, 3.8) is 0 Å². The molecule has 4 aliphatic rings. The summed E-state index contributed by atoms with van der Waals surface area (Å²) in [7, 11) is 0. The van der Waals surface area contributed by atoms with Gasteiger partial charge in [0.15, 0.2) is 0 Å². The molecule has 0 radical (unpaired) electrons. The predicted molar refractivity (Wildman–Crippen MR) is 199 cm³/mol. The molecule has 2 aliphatic carbocycles. The first-order valence-electron chi connectivity index (χ1n) is 18.8. The fourth-order valence-corrected chi connectivity index (χ4v) is 8.75. The summed E-state index contributed by atoms with van der Waals surface area (Å²) >= 11 is 0. The van der Waals surface area contributed by atoms with Crippen molar-refractivity contribution in [1.29, 1.82) is 0 Å². The highest BCUT2D eigenvalue weighted by Crippen LogP contribution is 2.54. The Hall–Kier alpha value is -4.20. The van der Waals surface area contributed by atoms with Crippen molar-refractivity contribution in [2.75, 3.05) is 18.4 Å². The number of H-pyrrole nitrogens is 1. The Kier molecular flexibility index (Phi) is 9.02. The molecular weight excluding hydrogens is 622 g/mol. The topological polar surface area (TPSA) is 98.4 Å². The zero-order valence-electron chi connectivity index (χ0n) is 30.8. The number of hydrogen-bond acceptors (Lipinski definition) is 4. The molecule has 2 N–H and O–H groups in total. The molecule has 50 heavy (non-hydrogen) atoms. The number of aromatic nitrogens is 2. The summed E-state index contributed by atoms with van der Waals surface area (Å²) in [6.07, 6.45) is 11.0. The maximum Gasteiger partial charge on any atom is 0.247 e. The largest absolute Gasteiger partial charge is 0.340 e. The van der Waals surface area contributed by atoms with Gasteiger partial charge >= 0.3 is 0 Å². The molecule has 5 atom stereocenters. The molecule has 2 fully saturated rings. The van der Waals surface area contributed by atoms with E-state index in [0.29, 0.717) is 25.3 Å². The molecule has 7 rings (SSSR count). The van der Waals surface area contributed by atoms with Crippen molar-refractivity contribution in [3.05, 3.63) is 77.1 Å². The Balaban J connectivity index is 1.09. The van der Waals surface area contributed by atoms with Crippen LogP contribution in [-0.4, -0.2) is 56.6 Å². The molecule has 3 amide bonds. The van der Waals surface area contributed by atoms with Gasteiger partial charge in [-0.3, -0.25) is 14.4 Å². The number of fused-ring (bicyclic) bond motifs is 4. The third-order valence-corrected chi connectivity index (χ3v) is 12.0. The third kappa shape index (κ3) is 6.09. The number of carbonyl (C=O) groups excluding carboxylic acids is 3. The van der Waals surface area contributed by atoms with Crippen LogP contribution in [0.4, 0.5) is 5.69 Å². The molecule has 3 heterocycles. The number of allylic oxidation sites excluding steroid dienone is 4. The van der Waals surface area contributed by atoms with Gasteiger partial charge in [0.2, 0.25) is 17.7 Å². The number of imidazole rings is 1. The van der Waals surface area contributed by atoms with E-state index in [1.165, 1.54) is 16.7 Å². The molecular formula is C42H53N5O3. The predicted octanol–water partition coefficient (Wildman–Crippen LogP) is 8.14. The van der Waals surface area contributed by atoms with Crippen LogP contribution in [0, 0.1) is 23.7 Å². The fourth-order valence-electron chi connectivity index (χ4n) is 8.75. The van der Waals surface area contributed by atoms with Crippen LogP contribution in [0.3, 0.4) is 0 Å². The number of aromatic amines is 1. The van der Waals surface area contributed by atoms with Crippen LogP contribution in [0.2, 0.25) is 0 Å². The number of likely N-dealkylation sites (tertiary alicyclic amines) is 2. The first-order valence-corrected chi connectivity index (χ1v) is 18.8. The standard InChI is InChI=1S/C42H53N5O3/c1-24(2)20-38(48)46-18-9-11-37(46)40(49)43-29-14-16-31-30-15-12-27(21-32(30)42(6,7)33(31)23-29)28-13-17-34-35(22-28)45-39(44-34)36-10-8-19-47(36)41(50)26(5)25(3)4/h12-17,21-26,30,32,36-37H,8-11,18-20H2,1-7H3,(H,43,49)(H,44,45)/t26-,30?,32?,36-,37-/m0/s1. The lowest BCUT2D eigenvalue weighted by molar-refractivity contribution is -0.137. The molecule has 1 aromatic heterocycles. The lowest BCUT2D eigenvalue weighted by atomic mass is 9.73. The molecule has 2 unspecified atom stereocenters. The minimum atomic E-state index is -0.407. The molecule has 8 nitrogen and oxygen atoms in total. The van der Waals surface area contributed by atoms with E-state index in [2.05, 4.69) is 86.6 Å². The summed E-state index contributed by atoms with van der Waals surface area (Å²) < 4.78 is 0. The van der Waals surface area contributed by atoms with Crippen LogP contribution in [0.5, 0.6) is 0 Å². The van der Waals surface area contributed by atoms with Gasteiger partial charge in [0, 0.05) is 37.0 Å². The normalized spacial score (nSPS) is 24.5. The summed E-state index contributed by atoms with van der Waals surface area (Å²) in [6, 6.07) is 12.4. The number of nitrogens with zero attached hydrogens (tertiary/aromatic N) is 3. The SMILES string of the molecule is CC(C)CC(=O)N1CCC[C@H]1C(=O)Nc1ccc2c(c1)C(C)(C)C1C=C(c3ccc4nc([C@@H]5CCCN5C(=O)[C@@H](C)C(C)C)[nH]c4c3)C=CC21. The molecule has 3 aromatic rings. The number of carbonyl (C=O) groups is 3. The highest BCUT2D eigenvalue weighted by atomic mass is 16.2. The van der Waals surface area contributed by atoms with Gasteiger partial charge in [-0.15, -0.1) is 0 Å². The average molecular weight is 676 g/mol. The Bertz CT molecular complexity index is 1880. The first-order chi connectivity index (χ1) is 23.8. The van der Waals surface area contributed by atoms with Crippen molar-refractivity contribution in [2.24, 2.45) is 23.7 Å². The summed E-state index contributed by atoms with van der Waals surface area (Å²) in [4.78, 5) is 51.9. The average Bonchev–Trinajstić information content (AvgIpc) is 3.88. The summed E-state index contributed by atoms with van der Waals surface area (Å²) in [5, 5.41) is 3.17. The van der Waals surface area contributed by atoms with Crippen molar-refractivity contribution < 1.29 is 14.4 Å². The molecule has 0 bridgehead atoms. The van der Waals surface area contributed by atoms with E-state index in [1.807, 2.05) is 31.7 Å². The molecule has 2 aliphatic heterocycles. The molecule has 0 spiro atoms. The van der Waals surface area contributed by atoms with Gasteiger partial charge in [-0.05, 0) is 95.4 Å². The van der Waals surface area contributed by atoms with Gasteiger partial charge in [0.05, 0.1) is 17.1 Å². The van der Waals surface area contributed by atoms with E-state index >= 15 is 0 Å². The monoisotopic (exact) mass is 675 g/mol. The van der Waals surface area contributed by atoms with E-state index < -0.39 is 6.04 Å². The van der Waals surface area contributed by atoms with E-state index in [9.17, 15) is 14.4 Å². The second kappa shape index (κ2) is 13.2. The van der Waals surface area contributed by atoms with Gasteiger partial charge < -0.3 is 20.1 Å². The second-order valence-electron chi connectivity index (χ2n) is 16.5. The van der Waals surface area contributed by atoms with Crippen molar-refractivity contribution in [1.82, 2.24) is 19.8 Å². The van der Waals surface area contributed by atoms with E-state index in [-0.39, 0.29) is 52.8 Å². The van der Waals surface area contributed by atoms with Gasteiger partial charge in [-0.25, -0.2) is 4.98 Å². The Morgan fingerprint density at radius 1 is 0.980 bits per heavy atom. The molecule has 2 saturated heterocycles. The Labute approximate surface area is 296 Å². The second-order valence-corrected chi connectivity index (χ2v) is 16.5. The minimum Gasteiger partial charge on any atom is -0.340 e. The molecule has 2 aromatic carbocycles. The maximum absolute atomic E-state index is 13.4. The van der Waals surface area contributed by atoms with Gasteiger partial charge in [-0.2, -0.15) is 0 Å². The Morgan fingerprint density at radius 2 is 1.74 bits per heavy atom. The first kappa shape index (κ1) is 34.3. The minimum absolute atomic E-state index is 0.00830. The zero-order chi connectivity index (χ0) is 35.5. The van der Waals surface area contributed by atoms with Gasteiger partial charge in [0.25, 0.3) is 0 Å². The van der Waals surface area contributed by atoms with Crippen LogP contribution in [0.15, 0.2) is 54.6 Å². The molecule has 264 valence electrons. The lowest BCUT2D eigenvalue weighted by Crippen LogP contribution is -2.43. The quantitative estimate of drug-likeness (QED) is 0.252. The highest BCUT2D eigenvalue weighted by molar-refractivity contribution is 5.97. The van der Waals surface area contributed by atoms with Crippen LogP contribution < -0.4 is 5.32 Å². The summed E-state index contributed by atoms with van der Waals surface area (Å²) in [5.41, 5.74) is 7.44. The van der Waals surface area contributed by atoms with E-state index in [1.54, 1.807) is 4.90 Å². The van der Waals surface area contributed by atoms with Crippen molar-refractivity contribution >= 4 is 40.0 Å². The highest BCUT2D eigenvalue weighted by Gasteiger charge is 2.45.